The van der Waals surface area contributed by atoms with Gasteiger partial charge in [-0.2, -0.15) is 0 Å². The second-order valence-electron chi connectivity index (χ2n) is 4.86. The van der Waals surface area contributed by atoms with Crippen molar-refractivity contribution in [3.63, 3.8) is 0 Å². The summed E-state index contributed by atoms with van der Waals surface area (Å²) in [5, 5.41) is 0. The van der Waals surface area contributed by atoms with Crippen molar-refractivity contribution >= 4 is 38.9 Å². The lowest BCUT2D eigenvalue weighted by molar-refractivity contribution is 0.0751. The Morgan fingerprint density at radius 1 is 1.05 bits per heavy atom. The summed E-state index contributed by atoms with van der Waals surface area (Å²) < 4.78 is 13.9. The van der Waals surface area contributed by atoms with Crippen molar-refractivity contribution in [2.75, 3.05) is 31.1 Å². The minimum atomic E-state index is -0.226. The number of anilines is 1. The molecule has 3 nitrogen and oxygen atoms in total. The van der Waals surface area contributed by atoms with Crippen LogP contribution in [0.5, 0.6) is 0 Å². The molecule has 1 aromatic heterocycles. The quantitative estimate of drug-likeness (QED) is 0.808. The van der Waals surface area contributed by atoms with Gasteiger partial charge in [-0.3, -0.25) is 4.79 Å². The number of halogens is 2. The number of rotatable bonds is 2. The number of hydrogen-bond acceptors (Lipinski definition) is 3. The van der Waals surface area contributed by atoms with E-state index < -0.39 is 0 Å². The van der Waals surface area contributed by atoms with Gasteiger partial charge in [0.2, 0.25) is 0 Å². The molecule has 0 radical (unpaired) electrons. The second-order valence-corrected chi connectivity index (χ2v) is 7.32. The van der Waals surface area contributed by atoms with E-state index in [0.29, 0.717) is 13.1 Å². The predicted molar refractivity (Wildman–Crippen MR) is 86.5 cm³/mol. The highest BCUT2D eigenvalue weighted by Gasteiger charge is 2.23. The third-order valence-electron chi connectivity index (χ3n) is 3.54. The van der Waals surface area contributed by atoms with Crippen molar-refractivity contribution in [1.29, 1.82) is 0 Å². The summed E-state index contributed by atoms with van der Waals surface area (Å²) >= 11 is 4.84. The Kier molecular flexibility index (Phi) is 4.26. The Hall–Kier alpha value is -1.40. The molecule has 1 amide bonds. The second kappa shape index (κ2) is 6.15. The minimum absolute atomic E-state index is 0.0875. The smallest absolute Gasteiger partial charge is 0.264 e. The highest BCUT2D eigenvalue weighted by molar-refractivity contribution is 9.11. The molecule has 3 rings (SSSR count). The molecule has 0 N–H and O–H groups in total. The van der Waals surface area contributed by atoms with Crippen molar-refractivity contribution < 1.29 is 9.18 Å². The monoisotopic (exact) mass is 368 g/mol. The van der Waals surface area contributed by atoms with Crippen LogP contribution < -0.4 is 4.90 Å². The van der Waals surface area contributed by atoms with Crippen molar-refractivity contribution in [2.45, 2.75) is 0 Å². The lowest BCUT2D eigenvalue weighted by Crippen LogP contribution is -2.48. The maximum absolute atomic E-state index is 12.9. The summed E-state index contributed by atoms with van der Waals surface area (Å²) in [7, 11) is 0. The maximum Gasteiger partial charge on any atom is 0.264 e. The van der Waals surface area contributed by atoms with Gasteiger partial charge >= 0.3 is 0 Å². The number of benzene rings is 1. The molecule has 1 fully saturated rings. The molecule has 1 aromatic carbocycles. The molecule has 2 heterocycles. The van der Waals surface area contributed by atoms with E-state index in [1.54, 1.807) is 12.1 Å². The topological polar surface area (TPSA) is 23.6 Å². The molecule has 1 aliphatic rings. The van der Waals surface area contributed by atoms with E-state index in [9.17, 15) is 9.18 Å². The molecule has 0 atom stereocenters. The van der Waals surface area contributed by atoms with Crippen LogP contribution in [0, 0.1) is 5.82 Å². The minimum Gasteiger partial charge on any atom is -0.368 e. The molecule has 0 bridgehead atoms. The van der Waals surface area contributed by atoms with Crippen LogP contribution in [0.4, 0.5) is 10.1 Å². The Bertz CT molecular complexity index is 635. The Labute approximate surface area is 135 Å². The van der Waals surface area contributed by atoms with Crippen LogP contribution in [0.3, 0.4) is 0 Å². The zero-order valence-electron chi connectivity index (χ0n) is 11.3. The van der Waals surface area contributed by atoms with E-state index in [4.69, 9.17) is 0 Å². The molecule has 110 valence electrons. The highest BCUT2D eigenvalue weighted by Crippen LogP contribution is 2.24. The first-order chi connectivity index (χ1) is 10.1. The summed E-state index contributed by atoms with van der Waals surface area (Å²) in [5.41, 5.74) is 1.00. The summed E-state index contributed by atoms with van der Waals surface area (Å²) in [6.45, 7) is 2.91. The number of piperazine rings is 1. The normalized spacial score (nSPS) is 15.3. The van der Waals surface area contributed by atoms with Crippen LogP contribution in [0.2, 0.25) is 0 Å². The molecule has 2 aromatic rings. The third kappa shape index (κ3) is 3.27. The van der Waals surface area contributed by atoms with Gasteiger partial charge in [-0.25, -0.2) is 4.39 Å². The standard InChI is InChI=1S/C15H14BrFN2OS/c16-14-6-5-13(21-14)15(20)19-9-7-18(8-10-19)12-3-1-11(17)2-4-12/h1-6H,7-10H2. The van der Waals surface area contributed by atoms with E-state index in [0.717, 1.165) is 27.4 Å². The first-order valence-electron chi connectivity index (χ1n) is 6.68. The first kappa shape index (κ1) is 14.5. The van der Waals surface area contributed by atoms with E-state index >= 15 is 0 Å². The van der Waals surface area contributed by atoms with Crippen LogP contribution in [0.15, 0.2) is 40.2 Å². The number of hydrogen-bond donors (Lipinski definition) is 0. The lowest BCUT2D eigenvalue weighted by Gasteiger charge is -2.36. The van der Waals surface area contributed by atoms with Crippen molar-refractivity contribution in [2.24, 2.45) is 0 Å². The van der Waals surface area contributed by atoms with Gasteiger partial charge in [-0.15, -0.1) is 11.3 Å². The molecule has 0 unspecified atom stereocenters. The summed E-state index contributed by atoms with van der Waals surface area (Å²) in [6, 6.07) is 10.2. The van der Waals surface area contributed by atoms with Crippen LogP contribution in [-0.2, 0) is 0 Å². The fourth-order valence-corrected chi connectivity index (χ4v) is 3.76. The Balaban J connectivity index is 1.62. The highest BCUT2D eigenvalue weighted by atomic mass is 79.9. The molecule has 6 heteroatoms. The number of thiophene rings is 1. The summed E-state index contributed by atoms with van der Waals surface area (Å²) in [6.07, 6.45) is 0. The number of amides is 1. The molecule has 21 heavy (non-hydrogen) atoms. The summed E-state index contributed by atoms with van der Waals surface area (Å²) in [5.74, 6) is -0.139. The number of carbonyl (C=O) groups excluding carboxylic acids is 1. The third-order valence-corrected chi connectivity index (χ3v) is 5.15. The largest absolute Gasteiger partial charge is 0.368 e. The average Bonchev–Trinajstić information content (AvgIpc) is 2.94. The molecule has 1 aliphatic heterocycles. The van der Waals surface area contributed by atoms with E-state index in [-0.39, 0.29) is 11.7 Å². The van der Waals surface area contributed by atoms with E-state index in [1.165, 1.54) is 23.5 Å². The maximum atomic E-state index is 12.9. The van der Waals surface area contributed by atoms with Crippen molar-refractivity contribution in [3.8, 4) is 0 Å². The Morgan fingerprint density at radius 2 is 1.71 bits per heavy atom. The predicted octanol–water partition coefficient (Wildman–Crippen LogP) is 3.61. The van der Waals surface area contributed by atoms with Gasteiger partial charge in [0.1, 0.15) is 5.82 Å². The van der Waals surface area contributed by atoms with Gasteiger partial charge in [0.05, 0.1) is 8.66 Å². The zero-order chi connectivity index (χ0) is 14.8. The Morgan fingerprint density at radius 3 is 2.29 bits per heavy atom. The van der Waals surface area contributed by atoms with Crippen LogP contribution >= 0.6 is 27.3 Å². The van der Waals surface area contributed by atoms with Crippen LogP contribution in [-0.4, -0.2) is 37.0 Å². The van der Waals surface area contributed by atoms with Gasteiger partial charge < -0.3 is 9.80 Å². The van der Waals surface area contributed by atoms with Gasteiger partial charge in [-0.05, 0) is 52.3 Å². The van der Waals surface area contributed by atoms with Gasteiger partial charge in [0.15, 0.2) is 0 Å². The van der Waals surface area contributed by atoms with E-state index in [2.05, 4.69) is 20.8 Å². The molecular formula is C15H14BrFN2OS. The molecular weight excluding hydrogens is 355 g/mol. The van der Waals surface area contributed by atoms with Crippen molar-refractivity contribution in [1.82, 2.24) is 4.90 Å². The fraction of sp³-hybridized carbons (Fsp3) is 0.267. The first-order valence-corrected chi connectivity index (χ1v) is 8.29. The van der Waals surface area contributed by atoms with Crippen LogP contribution in [0.25, 0.3) is 0 Å². The number of nitrogens with zero attached hydrogens (tertiary/aromatic N) is 2. The lowest BCUT2D eigenvalue weighted by atomic mass is 10.2. The molecule has 0 aliphatic carbocycles. The summed E-state index contributed by atoms with van der Waals surface area (Å²) in [4.78, 5) is 17.2. The number of carbonyl (C=O) groups is 1. The average molecular weight is 369 g/mol. The van der Waals surface area contributed by atoms with Gasteiger partial charge in [-0.1, -0.05) is 0 Å². The molecule has 1 saturated heterocycles. The van der Waals surface area contributed by atoms with E-state index in [1.807, 2.05) is 17.0 Å². The fourth-order valence-electron chi connectivity index (χ4n) is 2.40. The van der Waals surface area contributed by atoms with Crippen molar-refractivity contribution in [3.05, 3.63) is 50.9 Å². The van der Waals surface area contributed by atoms with Crippen LogP contribution in [0.1, 0.15) is 9.67 Å². The molecule has 0 saturated carbocycles. The van der Waals surface area contributed by atoms with Gasteiger partial charge in [0.25, 0.3) is 5.91 Å². The zero-order valence-corrected chi connectivity index (χ0v) is 13.7. The molecule has 0 spiro atoms. The SMILES string of the molecule is O=C(c1ccc(Br)s1)N1CCN(c2ccc(F)cc2)CC1. The van der Waals surface area contributed by atoms with Gasteiger partial charge in [0, 0.05) is 31.9 Å².